The molecule has 0 radical (unpaired) electrons. The summed E-state index contributed by atoms with van der Waals surface area (Å²) in [5, 5.41) is 3.07. The largest absolute Gasteiger partial charge is 0.465 e. The molecule has 5 heteroatoms. The van der Waals surface area contributed by atoms with E-state index in [1.165, 1.54) is 0 Å². The maximum atomic E-state index is 11.9. The molecule has 0 rings (SSSR count). The van der Waals surface area contributed by atoms with Gasteiger partial charge in [0.05, 0.1) is 13.2 Å². The Bertz CT molecular complexity index is 249. The molecular weight excluding hydrogens is 244 g/mol. The van der Waals surface area contributed by atoms with Gasteiger partial charge in [-0.25, -0.2) is 0 Å². The Morgan fingerprint density at radius 3 is 2.47 bits per heavy atom. The van der Waals surface area contributed by atoms with Gasteiger partial charge in [0.15, 0.2) is 0 Å². The van der Waals surface area contributed by atoms with Gasteiger partial charge in [-0.2, -0.15) is 0 Å². The van der Waals surface area contributed by atoms with Gasteiger partial charge in [0, 0.05) is 13.2 Å². The van der Waals surface area contributed by atoms with E-state index in [9.17, 15) is 4.79 Å². The number of esters is 1. The van der Waals surface area contributed by atoms with Crippen LogP contribution in [-0.2, 0) is 14.3 Å². The first-order chi connectivity index (χ1) is 9.00. The predicted octanol–water partition coefficient (Wildman–Crippen LogP) is 1.28. The first-order valence-electron chi connectivity index (χ1n) is 7.12. The average molecular weight is 274 g/mol. The fourth-order valence-electron chi connectivity index (χ4n) is 1.80. The molecule has 5 nitrogen and oxygen atoms in total. The lowest BCUT2D eigenvalue weighted by Crippen LogP contribution is -2.49. The molecule has 19 heavy (non-hydrogen) atoms. The summed E-state index contributed by atoms with van der Waals surface area (Å²) in [6, 6.07) is 0. The molecule has 0 saturated carbocycles. The van der Waals surface area contributed by atoms with E-state index in [1.54, 1.807) is 7.05 Å². The predicted molar refractivity (Wildman–Crippen MR) is 77.3 cm³/mol. The molecule has 0 aliphatic heterocycles. The van der Waals surface area contributed by atoms with Crippen molar-refractivity contribution in [2.75, 3.05) is 47.0 Å². The number of hydrogen-bond donors (Lipinski definition) is 1. The number of ether oxygens (including phenoxy) is 2. The molecule has 0 saturated heterocycles. The Kier molecular flexibility index (Phi) is 9.83. The van der Waals surface area contributed by atoms with E-state index in [0.717, 1.165) is 39.1 Å². The van der Waals surface area contributed by atoms with E-state index >= 15 is 0 Å². The molecule has 1 N–H and O–H groups in total. The molecule has 1 unspecified atom stereocenters. The minimum Gasteiger partial charge on any atom is -0.465 e. The van der Waals surface area contributed by atoms with Crippen molar-refractivity contribution < 1.29 is 14.3 Å². The van der Waals surface area contributed by atoms with Crippen LogP contribution in [0.3, 0.4) is 0 Å². The molecule has 114 valence electrons. The maximum absolute atomic E-state index is 11.9. The molecule has 0 bridgehead atoms. The number of likely N-dealkylation sites (N-methyl/N-ethyl adjacent to an activating group) is 2. The fraction of sp³-hybridized carbons (Fsp3) is 0.929. The third-order valence-electron chi connectivity index (χ3n) is 3.32. The highest BCUT2D eigenvalue weighted by molar-refractivity contribution is 5.80. The summed E-state index contributed by atoms with van der Waals surface area (Å²) in [6.45, 7) is 9.53. The van der Waals surface area contributed by atoms with Crippen LogP contribution in [-0.4, -0.2) is 63.4 Å². The molecule has 0 aromatic heterocycles. The normalized spacial score (nSPS) is 14.4. The van der Waals surface area contributed by atoms with Gasteiger partial charge in [-0.3, -0.25) is 4.79 Å². The van der Waals surface area contributed by atoms with Crippen LogP contribution in [0.5, 0.6) is 0 Å². The number of hydrogen-bond acceptors (Lipinski definition) is 5. The van der Waals surface area contributed by atoms with Crippen LogP contribution in [0.2, 0.25) is 0 Å². The van der Waals surface area contributed by atoms with Gasteiger partial charge >= 0.3 is 5.97 Å². The van der Waals surface area contributed by atoms with Gasteiger partial charge in [-0.15, -0.1) is 0 Å². The molecule has 0 aliphatic rings. The van der Waals surface area contributed by atoms with Crippen LogP contribution in [0.25, 0.3) is 0 Å². The molecule has 0 aromatic carbocycles. The summed E-state index contributed by atoms with van der Waals surface area (Å²) in [7, 11) is 3.87. The summed E-state index contributed by atoms with van der Waals surface area (Å²) >= 11 is 0. The van der Waals surface area contributed by atoms with Crippen LogP contribution in [0, 0.1) is 0 Å². The second kappa shape index (κ2) is 10.2. The average Bonchev–Trinajstić information content (AvgIpc) is 2.39. The zero-order chi connectivity index (χ0) is 14.7. The monoisotopic (exact) mass is 274 g/mol. The van der Waals surface area contributed by atoms with Crippen molar-refractivity contribution in [1.82, 2.24) is 10.2 Å². The van der Waals surface area contributed by atoms with E-state index in [4.69, 9.17) is 9.47 Å². The number of carbonyl (C=O) groups excluding carboxylic acids is 1. The van der Waals surface area contributed by atoms with Crippen molar-refractivity contribution in [3.63, 3.8) is 0 Å². The first kappa shape index (κ1) is 18.4. The zero-order valence-electron chi connectivity index (χ0n) is 13.1. The Morgan fingerprint density at radius 1 is 1.26 bits per heavy atom. The van der Waals surface area contributed by atoms with Gasteiger partial charge in [0.2, 0.25) is 0 Å². The van der Waals surface area contributed by atoms with Crippen LogP contribution in [0.4, 0.5) is 0 Å². The van der Waals surface area contributed by atoms with Crippen molar-refractivity contribution >= 4 is 5.97 Å². The second-order valence-electron chi connectivity index (χ2n) is 4.91. The van der Waals surface area contributed by atoms with Crippen molar-refractivity contribution in [3.05, 3.63) is 0 Å². The Balaban J connectivity index is 3.97. The smallest absolute Gasteiger partial charge is 0.326 e. The van der Waals surface area contributed by atoms with E-state index in [-0.39, 0.29) is 5.97 Å². The van der Waals surface area contributed by atoms with Crippen molar-refractivity contribution in [2.24, 2.45) is 0 Å². The minimum atomic E-state index is -0.587. The van der Waals surface area contributed by atoms with Gasteiger partial charge in [0.1, 0.15) is 5.54 Å². The van der Waals surface area contributed by atoms with Gasteiger partial charge in [-0.1, -0.05) is 0 Å². The fourth-order valence-corrected chi connectivity index (χ4v) is 1.80. The summed E-state index contributed by atoms with van der Waals surface area (Å²) in [5.74, 6) is -0.172. The highest BCUT2D eigenvalue weighted by Gasteiger charge is 2.32. The van der Waals surface area contributed by atoms with E-state index in [1.807, 2.05) is 20.8 Å². The molecule has 0 amide bonds. The summed E-state index contributed by atoms with van der Waals surface area (Å²) in [6.07, 6.45) is 1.71. The van der Waals surface area contributed by atoms with E-state index in [2.05, 4.69) is 17.3 Å². The van der Waals surface area contributed by atoms with Crippen LogP contribution in [0.15, 0.2) is 0 Å². The summed E-state index contributed by atoms with van der Waals surface area (Å²) < 4.78 is 10.4. The molecule has 1 atom stereocenters. The third kappa shape index (κ3) is 7.50. The molecule has 0 aliphatic carbocycles. The van der Waals surface area contributed by atoms with Gasteiger partial charge in [-0.05, 0) is 54.3 Å². The van der Waals surface area contributed by atoms with E-state index < -0.39 is 5.54 Å². The SMILES string of the molecule is CCOCCN(C)CCCC(C)(NC)C(=O)OCC. The standard InChI is InChI=1S/C14H30N2O3/c1-6-18-12-11-16(5)10-8-9-14(3,15-4)13(17)19-7-2/h15H,6-12H2,1-5H3. The quantitative estimate of drug-likeness (QED) is 0.454. The Labute approximate surface area is 117 Å². The van der Waals surface area contributed by atoms with E-state index in [0.29, 0.717) is 6.61 Å². The Morgan fingerprint density at radius 2 is 1.95 bits per heavy atom. The molecule has 0 heterocycles. The van der Waals surface area contributed by atoms with Crippen LogP contribution < -0.4 is 5.32 Å². The molecular formula is C14H30N2O3. The van der Waals surface area contributed by atoms with Crippen LogP contribution >= 0.6 is 0 Å². The lowest BCUT2D eigenvalue weighted by Gasteiger charge is -2.27. The highest BCUT2D eigenvalue weighted by Crippen LogP contribution is 2.14. The molecule has 0 spiro atoms. The number of carbonyl (C=O) groups is 1. The topological polar surface area (TPSA) is 50.8 Å². The summed E-state index contributed by atoms with van der Waals surface area (Å²) in [4.78, 5) is 14.1. The Hall–Kier alpha value is -0.650. The van der Waals surface area contributed by atoms with Gasteiger partial charge < -0.3 is 19.7 Å². The molecule has 0 aromatic rings. The number of nitrogens with one attached hydrogen (secondary N) is 1. The molecule has 0 fully saturated rings. The number of nitrogens with zero attached hydrogens (tertiary/aromatic N) is 1. The number of rotatable bonds is 11. The second-order valence-corrected chi connectivity index (χ2v) is 4.91. The lowest BCUT2D eigenvalue weighted by atomic mass is 9.96. The van der Waals surface area contributed by atoms with Crippen LogP contribution in [0.1, 0.15) is 33.6 Å². The minimum absolute atomic E-state index is 0.172. The first-order valence-corrected chi connectivity index (χ1v) is 7.12. The zero-order valence-corrected chi connectivity index (χ0v) is 13.1. The van der Waals surface area contributed by atoms with Crippen molar-refractivity contribution in [3.8, 4) is 0 Å². The maximum Gasteiger partial charge on any atom is 0.326 e. The van der Waals surface area contributed by atoms with Gasteiger partial charge in [0.25, 0.3) is 0 Å². The third-order valence-corrected chi connectivity index (χ3v) is 3.32. The van der Waals surface area contributed by atoms with Crippen molar-refractivity contribution in [1.29, 1.82) is 0 Å². The highest BCUT2D eigenvalue weighted by atomic mass is 16.5. The summed E-state index contributed by atoms with van der Waals surface area (Å²) in [5.41, 5.74) is -0.587. The van der Waals surface area contributed by atoms with Crippen molar-refractivity contribution in [2.45, 2.75) is 39.2 Å². The lowest BCUT2D eigenvalue weighted by molar-refractivity contribution is -0.150.